The quantitative estimate of drug-likeness (QED) is 0.565. The average molecular weight is 359 g/mol. The van der Waals surface area contributed by atoms with Gasteiger partial charge in [-0.15, -0.1) is 18.2 Å². The second-order valence-corrected chi connectivity index (χ2v) is 5.29. The Hall–Kier alpha value is -2.25. The van der Waals surface area contributed by atoms with Crippen molar-refractivity contribution in [3.8, 4) is 0 Å². The summed E-state index contributed by atoms with van der Waals surface area (Å²) in [6.45, 7) is 3.56. The standard InChI is InChI=1S/C17H11BF7/c1-2-11-6-8-13(9-7-11)18-14-5-3-4-12(10-14)15(19,16(20,21)22)17(23,24)25/h2-10H,1H2/q-1. The predicted octanol–water partition coefficient (Wildman–Crippen LogP) is 4.27. The molecule has 0 saturated carbocycles. The highest BCUT2D eigenvalue weighted by Gasteiger charge is 2.73. The van der Waals surface area contributed by atoms with Crippen LogP contribution < -0.4 is 10.9 Å². The maximum atomic E-state index is 14.1. The van der Waals surface area contributed by atoms with Crippen molar-refractivity contribution in [2.24, 2.45) is 0 Å². The maximum Gasteiger partial charge on any atom is 0.435 e. The molecule has 0 aromatic heterocycles. The first-order chi connectivity index (χ1) is 11.5. The first-order valence-corrected chi connectivity index (χ1v) is 6.99. The Morgan fingerprint density at radius 3 is 1.80 bits per heavy atom. The van der Waals surface area contributed by atoms with E-state index in [1.54, 1.807) is 30.3 Å². The Morgan fingerprint density at radius 2 is 1.32 bits per heavy atom. The van der Waals surface area contributed by atoms with Crippen molar-refractivity contribution < 1.29 is 30.7 Å². The van der Waals surface area contributed by atoms with Crippen molar-refractivity contribution in [3.05, 3.63) is 66.2 Å². The van der Waals surface area contributed by atoms with Crippen molar-refractivity contribution in [3.63, 3.8) is 0 Å². The molecule has 2 aromatic carbocycles. The van der Waals surface area contributed by atoms with Crippen LogP contribution in [0, 0.1) is 0 Å². The van der Waals surface area contributed by atoms with Crippen LogP contribution in [0.1, 0.15) is 11.1 Å². The van der Waals surface area contributed by atoms with E-state index in [0.717, 1.165) is 11.6 Å². The van der Waals surface area contributed by atoms with E-state index in [9.17, 15) is 30.7 Å². The molecular formula is C17H11BF7-. The Labute approximate surface area is 140 Å². The van der Waals surface area contributed by atoms with E-state index >= 15 is 0 Å². The van der Waals surface area contributed by atoms with Crippen LogP contribution in [0.2, 0.25) is 0 Å². The molecule has 0 unspecified atom stereocenters. The van der Waals surface area contributed by atoms with Gasteiger partial charge in [0.25, 0.3) is 0 Å². The predicted molar refractivity (Wildman–Crippen MR) is 82.9 cm³/mol. The van der Waals surface area contributed by atoms with Crippen molar-refractivity contribution in [2.45, 2.75) is 18.0 Å². The van der Waals surface area contributed by atoms with Gasteiger partial charge in [0.15, 0.2) is 0 Å². The van der Waals surface area contributed by atoms with Gasteiger partial charge < -0.3 is 0 Å². The Morgan fingerprint density at radius 1 is 0.760 bits per heavy atom. The lowest BCUT2D eigenvalue weighted by Crippen LogP contribution is -2.50. The van der Waals surface area contributed by atoms with Crippen molar-refractivity contribution in [2.75, 3.05) is 0 Å². The summed E-state index contributed by atoms with van der Waals surface area (Å²) >= 11 is 0. The Bertz CT molecular complexity index is 731. The first kappa shape index (κ1) is 19.1. The van der Waals surface area contributed by atoms with Gasteiger partial charge in [0.05, 0.1) is 0 Å². The first-order valence-electron chi connectivity index (χ1n) is 6.99. The minimum atomic E-state index is -6.13. The molecule has 0 heterocycles. The van der Waals surface area contributed by atoms with Gasteiger partial charge in [0.1, 0.15) is 0 Å². The fourth-order valence-electron chi connectivity index (χ4n) is 2.25. The SMILES string of the molecule is C=Cc1ccc([B-]c2cccc(C(F)(C(F)(F)F)C(F)(F)F)c2)cc1. The summed E-state index contributed by atoms with van der Waals surface area (Å²) in [6.07, 6.45) is -10.7. The third kappa shape index (κ3) is 3.72. The molecule has 8 heteroatoms. The highest BCUT2D eigenvalue weighted by Crippen LogP contribution is 2.52. The minimum Gasteiger partial charge on any atom is -0.275 e. The van der Waals surface area contributed by atoms with Gasteiger partial charge in [-0.25, -0.2) is 4.39 Å². The molecule has 0 atom stereocenters. The van der Waals surface area contributed by atoms with Crippen molar-refractivity contribution in [1.29, 1.82) is 0 Å². The maximum absolute atomic E-state index is 14.1. The van der Waals surface area contributed by atoms with E-state index < -0.39 is 23.6 Å². The van der Waals surface area contributed by atoms with Crippen LogP contribution in [0.5, 0.6) is 0 Å². The average Bonchev–Trinajstić information content (AvgIpc) is 2.53. The molecule has 0 N–H and O–H groups in total. The summed E-state index contributed by atoms with van der Waals surface area (Å²) in [5, 5.41) is 0. The molecule has 25 heavy (non-hydrogen) atoms. The number of hydrogen-bond donors (Lipinski definition) is 0. The molecule has 0 aliphatic heterocycles. The van der Waals surface area contributed by atoms with Crippen molar-refractivity contribution in [1.82, 2.24) is 0 Å². The summed E-state index contributed by atoms with van der Waals surface area (Å²) in [7, 11) is 1.35. The molecule has 2 rings (SSSR count). The molecule has 0 amide bonds. The lowest BCUT2D eigenvalue weighted by molar-refractivity contribution is -0.348. The zero-order valence-electron chi connectivity index (χ0n) is 12.6. The number of rotatable bonds is 4. The topological polar surface area (TPSA) is 0 Å². The van der Waals surface area contributed by atoms with Gasteiger partial charge >= 0.3 is 18.0 Å². The van der Waals surface area contributed by atoms with E-state index in [1.165, 1.54) is 13.3 Å². The van der Waals surface area contributed by atoms with Crippen molar-refractivity contribution >= 4 is 24.3 Å². The third-order valence-corrected chi connectivity index (χ3v) is 3.57. The summed E-state index contributed by atoms with van der Waals surface area (Å²) in [5.74, 6) is 0. The summed E-state index contributed by atoms with van der Waals surface area (Å²) < 4.78 is 91.0. The zero-order chi connectivity index (χ0) is 18.9. The number of halogens is 7. The van der Waals surface area contributed by atoms with Gasteiger partial charge in [-0.3, -0.25) is 18.2 Å². The fourth-order valence-corrected chi connectivity index (χ4v) is 2.25. The van der Waals surface area contributed by atoms with Crippen LogP contribution >= 0.6 is 0 Å². The Kier molecular flexibility index (Phi) is 5.02. The van der Waals surface area contributed by atoms with E-state index in [1.807, 2.05) is 0 Å². The molecule has 0 spiro atoms. The molecule has 132 valence electrons. The molecule has 0 aliphatic rings. The van der Waals surface area contributed by atoms with Crippen LogP contribution in [-0.2, 0) is 5.67 Å². The monoisotopic (exact) mass is 359 g/mol. The van der Waals surface area contributed by atoms with Gasteiger partial charge in [0, 0.05) is 5.56 Å². The lowest BCUT2D eigenvalue weighted by atomic mass is 9.63. The van der Waals surface area contributed by atoms with E-state index in [0.29, 0.717) is 17.6 Å². The lowest BCUT2D eigenvalue weighted by Gasteiger charge is -2.31. The molecular weight excluding hydrogens is 348 g/mol. The Balaban J connectivity index is 2.41. The van der Waals surface area contributed by atoms with Crippen LogP contribution in [0.25, 0.3) is 6.08 Å². The molecule has 0 aliphatic carbocycles. The van der Waals surface area contributed by atoms with Crippen LogP contribution in [0.15, 0.2) is 55.1 Å². The van der Waals surface area contributed by atoms with E-state index in [-0.39, 0.29) is 5.46 Å². The van der Waals surface area contributed by atoms with Crippen LogP contribution in [-0.4, -0.2) is 19.6 Å². The van der Waals surface area contributed by atoms with Crippen LogP contribution in [0.4, 0.5) is 30.7 Å². The summed E-state index contributed by atoms with van der Waals surface area (Å²) in [5.41, 5.74) is -5.60. The number of hydrogen-bond acceptors (Lipinski definition) is 0. The number of benzene rings is 2. The molecule has 2 radical (unpaired) electrons. The molecule has 0 fully saturated rings. The highest BCUT2D eigenvalue weighted by atomic mass is 19.4. The van der Waals surface area contributed by atoms with Gasteiger partial charge in [-0.1, -0.05) is 43.0 Å². The third-order valence-electron chi connectivity index (χ3n) is 3.57. The molecule has 2 aromatic rings. The van der Waals surface area contributed by atoms with Crippen LogP contribution in [0.3, 0.4) is 0 Å². The fraction of sp³-hybridized carbons (Fsp3) is 0.176. The van der Waals surface area contributed by atoms with Gasteiger partial charge in [-0.05, 0) is 5.56 Å². The highest BCUT2D eigenvalue weighted by molar-refractivity contribution is 6.67. The van der Waals surface area contributed by atoms with Gasteiger partial charge in [-0.2, -0.15) is 26.3 Å². The molecule has 0 nitrogen and oxygen atoms in total. The normalized spacial score (nSPS) is 12.9. The van der Waals surface area contributed by atoms with Gasteiger partial charge in [0.2, 0.25) is 0 Å². The second-order valence-electron chi connectivity index (χ2n) is 5.29. The zero-order valence-corrected chi connectivity index (χ0v) is 12.6. The largest absolute Gasteiger partial charge is 0.435 e. The molecule has 0 saturated heterocycles. The summed E-state index contributed by atoms with van der Waals surface area (Å²) in [4.78, 5) is 0. The number of alkyl halides is 7. The smallest absolute Gasteiger partial charge is 0.275 e. The summed E-state index contributed by atoms with van der Waals surface area (Å²) in [6, 6.07) is 9.83. The minimum absolute atomic E-state index is 0.0133. The molecule has 0 bridgehead atoms. The second kappa shape index (κ2) is 6.57. The van der Waals surface area contributed by atoms with E-state index in [4.69, 9.17) is 0 Å². The van der Waals surface area contributed by atoms with E-state index in [2.05, 4.69) is 6.58 Å².